The number of fused-ring (bicyclic) bond motifs is 1. The average Bonchev–Trinajstić information content (AvgIpc) is 3.23. The van der Waals surface area contributed by atoms with Crippen LogP contribution in [0.2, 0.25) is 0 Å². The maximum atomic E-state index is 13.1. The maximum absolute atomic E-state index is 13.1. The number of unbranched alkanes of at least 4 members (excludes halogenated alkanes) is 1. The van der Waals surface area contributed by atoms with Crippen LogP contribution in [0, 0.1) is 18.8 Å². The van der Waals surface area contributed by atoms with Gasteiger partial charge in [0.05, 0.1) is 25.2 Å². The molecule has 0 aromatic heterocycles. The van der Waals surface area contributed by atoms with Gasteiger partial charge in [0, 0.05) is 5.69 Å². The lowest BCUT2D eigenvalue weighted by Gasteiger charge is -2.22. The van der Waals surface area contributed by atoms with Crippen molar-refractivity contribution in [3.8, 4) is 0 Å². The Labute approximate surface area is 147 Å². The molecule has 1 aromatic rings. The van der Waals surface area contributed by atoms with Crippen LogP contribution in [-0.2, 0) is 19.1 Å². The lowest BCUT2D eigenvalue weighted by atomic mass is 9.77. The number of ether oxygens (including phenoxy) is 2. The molecule has 0 unspecified atom stereocenters. The van der Waals surface area contributed by atoms with Crippen molar-refractivity contribution in [1.82, 2.24) is 0 Å². The predicted molar refractivity (Wildman–Crippen MR) is 93.1 cm³/mol. The minimum atomic E-state index is -0.695. The molecule has 3 aliphatic heterocycles. The molecule has 0 radical (unpaired) electrons. The summed E-state index contributed by atoms with van der Waals surface area (Å²) in [5.74, 6) is -1.38. The summed E-state index contributed by atoms with van der Waals surface area (Å²) in [5, 5.41) is 0. The van der Waals surface area contributed by atoms with Gasteiger partial charge in [0.25, 0.3) is 0 Å². The third-order valence-electron chi connectivity index (χ3n) is 5.43. The van der Waals surface area contributed by atoms with Gasteiger partial charge in [-0.3, -0.25) is 9.59 Å². The minimum Gasteiger partial charge on any atom is -0.465 e. The number of aryl methyl sites for hydroxylation is 1. The second-order valence-electron chi connectivity index (χ2n) is 7.18. The fourth-order valence-corrected chi connectivity index (χ4v) is 4.20. The van der Waals surface area contributed by atoms with Crippen LogP contribution in [0.1, 0.15) is 25.3 Å². The third kappa shape index (κ3) is 2.49. The molecule has 132 valence electrons. The highest BCUT2D eigenvalue weighted by Crippen LogP contribution is 2.52. The Morgan fingerprint density at radius 2 is 2.28 bits per heavy atom. The summed E-state index contributed by atoms with van der Waals surface area (Å²) in [6.07, 6.45) is 5.33. The van der Waals surface area contributed by atoms with Gasteiger partial charge < -0.3 is 14.4 Å². The third-order valence-corrected chi connectivity index (χ3v) is 5.43. The molecular weight excluding hydrogens is 318 g/mol. The van der Waals surface area contributed by atoms with E-state index < -0.39 is 17.4 Å². The summed E-state index contributed by atoms with van der Waals surface area (Å²) in [7, 11) is 0. The highest BCUT2D eigenvalue weighted by molar-refractivity contribution is 6.02. The Balaban J connectivity index is 1.60. The van der Waals surface area contributed by atoms with Gasteiger partial charge in [-0.05, 0) is 31.0 Å². The molecule has 0 N–H and O–H groups in total. The van der Waals surface area contributed by atoms with Crippen LogP contribution in [0.4, 0.5) is 5.69 Å². The van der Waals surface area contributed by atoms with Gasteiger partial charge in [-0.1, -0.05) is 37.6 Å². The summed E-state index contributed by atoms with van der Waals surface area (Å²) in [6.45, 7) is 4.90. The van der Waals surface area contributed by atoms with Crippen molar-refractivity contribution < 1.29 is 19.1 Å². The summed E-state index contributed by atoms with van der Waals surface area (Å²) >= 11 is 0. The number of rotatable bonds is 5. The van der Waals surface area contributed by atoms with Crippen LogP contribution in [0.25, 0.3) is 0 Å². The summed E-state index contributed by atoms with van der Waals surface area (Å²) in [6, 6.07) is 7.85. The standard InChI is InChI=1S/C20H23NO4/c1-3-4-10-24-19(23)16-15-8-9-20(25-15)12-21(18(22)17(16)20)14-7-5-6-13(2)11-14/h5-9,11,15-17H,3-4,10,12H2,1-2H3/t15-,16-,17+,20+/m1/s1. The van der Waals surface area contributed by atoms with E-state index in [1.165, 1.54) is 0 Å². The summed E-state index contributed by atoms with van der Waals surface area (Å²) in [5.41, 5.74) is 1.25. The van der Waals surface area contributed by atoms with Crippen molar-refractivity contribution in [2.45, 2.75) is 38.4 Å². The van der Waals surface area contributed by atoms with Crippen LogP contribution in [-0.4, -0.2) is 36.7 Å². The minimum absolute atomic E-state index is 0.0464. The molecule has 2 saturated heterocycles. The van der Waals surface area contributed by atoms with E-state index in [1.54, 1.807) is 4.90 Å². The van der Waals surface area contributed by atoms with Crippen LogP contribution in [0.3, 0.4) is 0 Å². The molecule has 25 heavy (non-hydrogen) atoms. The van der Waals surface area contributed by atoms with E-state index in [0.717, 1.165) is 24.1 Å². The van der Waals surface area contributed by atoms with Gasteiger partial charge >= 0.3 is 5.97 Å². The van der Waals surface area contributed by atoms with E-state index in [1.807, 2.05) is 50.3 Å². The molecule has 2 bridgehead atoms. The first-order valence-corrected chi connectivity index (χ1v) is 8.97. The Kier molecular flexibility index (Phi) is 3.91. The van der Waals surface area contributed by atoms with Gasteiger partial charge in [0.1, 0.15) is 11.5 Å². The van der Waals surface area contributed by atoms with Crippen LogP contribution < -0.4 is 4.90 Å². The number of carbonyl (C=O) groups is 2. The lowest BCUT2D eigenvalue weighted by molar-refractivity contribution is -0.152. The first-order chi connectivity index (χ1) is 12.1. The lowest BCUT2D eigenvalue weighted by Crippen LogP contribution is -2.40. The monoisotopic (exact) mass is 341 g/mol. The maximum Gasteiger partial charge on any atom is 0.312 e. The van der Waals surface area contributed by atoms with E-state index in [2.05, 4.69) is 0 Å². The van der Waals surface area contributed by atoms with E-state index in [4.69, 9.17) is 9.47 Å². The highest BCUT2D eigenvalue weighted by Gasteiger charge is 2.67. The fourth-order valence-electron chi connectivity index (χ4n) is 4.20. The molecule has 4 atom stereocenters. The van der Waals surface area contributed by atoms with Gasteiger partial charge in [0.2, 0.25) is 5.91 Å². The zero-order chi connectivity index (χ0) is 17.6. The Morgan fingerprint density at radius 1 is 1.44 bits per heavy atom. The molecule has 0 saturated carbocycles. The van der Waals surface area contributed by atoms with Gasteiger partial charge in [-0.15, -0.1) is 0 Å². The smallest absolute Gasteiger partial charge is 0.312 e. The number of amides is 1. The van der Waals surface area contributed by atoms with Crippen molar-refractivity contribution in [2.75, 3.05) is 18.1 Å². The number of benzene rings is 1. The largest absolute Gasteiger partial charge is 0.465 e. The number of anilines is 1. The molecule has 1 amide bonds. The first-order valence-electron chi connectivity index (χ1n) is 8.97. The molecular formula is C20H23NO4. The Hall–Kier alpha value is -2.14. The number of hydrogen-bond acceptors (Lipinski definition) is 4. The zero-order valence-electron chi connectivity index (χ0n) is 14.6. The van der Waals surface area contributed by atoms with Crippen LogP contribution in [0.15, 0.2) is 36.4 Å². The second kappa shape index (κ2) is 5.99. The Bertz CT molecular complexity index is 743. The number of carbonyl (C=O) groups excluding carboxylic acids is 2. The van der Waals surface area contributed by atoms with E-state index >= 15 is 0 Å². The summed E-state index contributed by atoms with van der Waals surface area (Å²) in [4.78, 5) is 27.5. The van der Waals surface area contributed by atoms with E-state index in [9.17, 15) is 9.59 Å². The van der Waals surface area contributed by atoms with Crippen molar-refractivity contribution in [3.63, 3.8) is 0 Å². The number of esters is 1. The predicted octanol–water partition coefficient (Wildman–Crippen LogP) is 2.62. The van der Waals surface area contributed by atoms with Crippen molar-refractivity contribution in [3.05, 3.63) is 42.0 Å². The molecule has 3 aliphatic rings. The van der Waals surface area contributed by atoms with E-state index in [-0.39, 0.29) is 18.0 Å². The molecule has 5 nitrogen and oxygen atoms in total. The van der Waals surface area contributed by atoms with E-state index in [0.29, 0.717) is 13.2 Å². The number of nitrogens with zero attached hydrogens (tertiary/aromatic N) is 1. The molecule has 3 heterocycles. The van der Waals surface area contributed by atoms with Crippen LogP contribution in [0.5, 0.6) is 0 Å². The quantitative estimate of drug-likeness (QED) is 0.469. The molecule has 2 fully saturated rings. The number of hydrogen-bond donors (Lipinski definition) is 0. The second-order valence-corrected chi connectivity index (χ2v) is 7.18. The fraction of sp³-hybridized carbons (Fsp3) is 0.500. The average molecular weight is 341 g/mol. The van der Waals surface area contributed by atoms with Crippen molar-refractivity contribution in [1.29, 1.82) is 0 Å². The SMILES string of the molecule is CCCCOC(=O)[C@H]1[C@H]2C(=O)N(c3cccc(C)c3)C[C@@]23C=C[C@H]1O3. The van der Waals surface area contributed by atoms with Gasteiger partial charge in [0.15, 0.2) is 0 Å². The topological polar surface area (TPSA) is 55.8 Å². The Morgan fingerprint density at radius 3 is 3.04 bits per heavy atom. The molecule has 4 rings (SSSR count). The first kappa shape index (κ1) is 16.3. The normalized spacial score (nSPS) is 32.3. The van der Waals surface area contributed by atoms with Gasteiger partial charge in [-0.25, -0.2) is 0 Å². The highest BCUT2D eigenvalue weighted by atomic mass is 16.6. The van der Waals surface area contributed by atoms with Crippen molar-refractivity contribution >= 4 is 17.6 Å². The molecule has 1 spiro atoms. The molecule has 5 heteroatoms. The van der Waals surface area contributed by atoms with Crippen molar-refractivity contribution in [2.24, 2.45) is 11.8 Å². The zero-order valence-corrected chi connectivity index (χ0v) is 14.6. The van der Waals surface area contributed by atoms with Gasteiger partial charge in [-0.2, -0.15) is 0 Å². The molecule has 1 aromatic carbocycles. The van der Waals surface area contributed by atoms with Crippen LogP contribution >= 0.6 is 0 Å². The molecule has 0 aliphatic carbocycles. The summed E-state index contributed by atoms with van der Waals surface area (Å²) < 4.78 is 11.5.